The first-order valence-electron chi connectivity index (χ1n) is 24.6. The molecule has 0 saturated heterocycles. The lowest BCUT2D eigenvalue weighted by Crippen LogP contribution is -2.17. The van der Waals surface area contributed by atoms with E-state index in [9.17, 15) is 0 Å². The van der Waals surface area contributed by atoms with Crippen molar-refractivity contribution >= 4 is 89.1 Å². The number of fused-ring (bicyclic) bond motifs is 7. The third kappa shape index (κ3) is 7.72. The Kier molecular flexibility index (Phi) is 10.8. The van der Waals surface area contributed by atoms with E-state index in [1.54, 1.807) is 11.3 Å². The molecule has 2 aromatic heterocycles. The third-order valence-electron chi connectivity index (χ3n) is 14.7. The van der Waals surface area contributed by atoms with Gasteiger partial charge in [0.25, 0.3) is 0 Å². The fourth-order valence-corrected chi connectivity index (χ4v) is 11.8. The molecule has 0 amide bonds. The summed E-state index contributed by atoms with van der Waals surface area (Å²) in [6.45, 7) is 25.1. The molecule has 2 heterocycles. The Morgan fingerprint density at radius 1 is 0.457 bits per heavy atom. The molecule has 0 fully saturated rings. The molecule has 0 radical (unpaired) electrons. The highest BCUT2D eigenvalue weighted by Gasteiger charge is 2.36. The smallest absolute Gasteiger partial charge is 0.143 e. The van der Waals surface area contributed by atoms with Crippen LogP contribution in [0.15, 0.2) is 174 Å². The Hall–Kier alpha value is -6.59. The van der Waals surface area contributed by atoms with E-state index < -0.39 is 0 Å². The molecular formula is C65H61ClN2OS. The van der Waals surface area contributed by atoms with Crippen molar-refractivity contribution in [3.63, 3.8) is 0 Å². The average Bonchev–Trinajstić information content (AvgIpc) is 3.99. The van der Waals surface area contributed by atoms with E-state index in [1.165, 1.54) is 49.0 Å². The van der Waals surface area contributed by atoms with E-state index in [0.29, 0.717) is 5.02 Å². The topological polar surface area (TPSA) is 19.6 Å². The summed E-state index contributed by atoms with van der Waals surface area (Å²) in [7, 11) is 0. The van der Waals surface area contributed by atoms with Crippen LogP contribution in [0.5, 0.6) is 0 Å². The van der Waals surface area contributed by atoms with E-state index in [4.69, 9.17) is 16.0 Å². The summed E-state index contributed by atoms with van der Waals surface area (Å²) < 4.78 is 8.06. The van der Waals surface area contributed by atoms with Crippen molar-refractivity contribution in [2.24, 2.45) is 0 Å². The van der Waals surface area contributed by atoms with Crippen molar-refractivity contribution in [3.05, 3.63) is 202 Å². The molecule has 350 valence electrons. The summed E-state index contributed by atoms with van der Waals surface area (Å²) in [4.78, 5) is 4.74. The molecule has 0 atom stereocenters. The number of anilines is 6. The van der Waals surface area contributed by atoms with Crippen LogP contribution in [-0.2, 0) is 21.7 Å². The second-order valence-corrected chi connectivity index (χ2v) is 24.1. The number of halogens is 1. The molecule has 0 aliphatic heterocycles. The van der Waals surface area contributed by atoms with Gasteiger partial charge in [-0.3, -0.25) is 0 Å². The predicted molar refractivity (Wildman–Crippen MR) is 303 cm³/mol. The Labute approximate surface area is 423 Å². The Morgan fingerprint density at radius 3 is 1.54 bits per heavy atom. The lowest BCUT2D eigenvalue weighted by molar-refractivity contribution is 0.590. The minimum atomic E-state index is -0.114. The second kappa shape index (κ2) is 16.5. The maximum Gasteiger partial charge on any atom is 0.143 e. The van der Waals surface area contributed by atoms with Gasteiger partial charge < -0.3 is 14.2 Å². The van der Waals surface area contributed by atoms with Crippen LogP contribution in [0.25, 0.3) is 54.3 Å². The molecule has 0 saturated carbocycles. The average molecular weight is 954 g/mol. The number of rotatable bonds is 7. The van der Waals surface area contributed by atoms with Gasteiger partial charge >= 0.3 is 0 Å². The van der Waals surface area contributed by atoms with Crippen LogP contribution in [0.2, 0.25) is 5.02 Å². The summed E-state index contributed by atoms with van der Waals surface area (Å²) in [5.41, 5.74) is 18.5. The minimum Gasteiger partial charge on any atom is -0.455 e. The molecule has 0 unspecified atom stereocenters. The van der Waals surface area contributed by atoms with Crippen LogP contribution >= 0.6 is 22.9 Å². The molecule has 1 aliphatic carbocycles. The maximum absolute atomic E-state index is 8.26. The van der Waals surface area contributed by atoms with Gasteiger partial charge in [0.05, 0.1) is 22.1 Å². The molecular weight excluding hydrogens is 892 g/mol. The summed E-state index contributed by atoms with van der Waals surface area (Å²) in [6, 6.07) is 60.3. The van der Waals surface area contributed by atoms with Crippen molar-refractivity contribution < 1.29 is 4.42 Å². The lowest BCUT2D eigenvalue weighted by atomic mass is 9.82. The maximum atomic E-state index is 8.26. The van der Waals surface area contributed by atoms with E-state index in [2.05, 4.69) is 249 Å². The Balaban J connectivity index is 1.22. The fourth-order valence-electron chi connectivity index (χ4n) is 10.6. The SMILES string of the molecule is CC(C)(C)c1ccc(N(c2ccc(C(C)(C)C)cc2)c2cc(-c3cccc4c3oc3ccccc34)cc(N(c3ccc(C(C)(C)C)cc3)c3csc4cc5c(cc34)-c3ccccc3C5(C)C)c2Cl)cc1. The zero-order valence-electron chi connectivity index (χ0n) is 42.3. The number of benzene rings is 8. The monoisotopic (exact) mass is 952 g/mol. The zero-order chi connectivity index (χ0) is 49.1. The highest BCUT2D eigenvalue weighted by Crippen LogP contribution is 2.55. The third-order valence-corrected chi connectivity index (χ3v) is 16.0. The van der Waals surface area contributed by atoms with Crippen LogP contribution < -0.4 is 9.80 Å². The van der Waals surface area contributed by atoms with Crippen molar-refractivity contribution in [3.8, 4) is 22.3 Å². The van der Waals surface area contributed by atoms with Crippen molar-refractivity contribution in [1.82, 2.24) is 0 Å². The van der Waals surface area contributed by atoms with E-state index in [-0.39, 0.29) is 21.7 Å². The van der Waals surface area contributed by atoms with Crippen molar-refractivity contribution in [2.45, 2.75) is 97.8 Å². The largest absolute Gasteiger partial charge is 0.455 e. The van der Waals surface area contributed by atoms with Gasteiger partial charge in [-0.25, -0.2) is 0 Å². The molecule has 5 heteroatoms. The van der Waals surface area contributed by atoms with Crippen LogP contribution in [0.4, 0.5) is 34.1 Å². The number of furan rings is 1. The normalized spacial score (nSPS) is 13.5. The van der Waals surface area contributed by atoms with Gasteiger partial charge in [-0.05, 0) is 127 Å². The number of hydrogen-bond acceptors (Lipinski definition) is 4. The minimum absolute atomic E-state index is 0.0159. The second-order valence-electron chi connectivity index (χ2n) is 22.9. The highest BCUT2D eigenvalue weighted by molar-refractivity contribution is 7.17. The Morgan fingerprint density at radius 2 is 0.957 bits per heavy atom. The molecule has 10 aromatic rings. The first-order chi connectivity index (χ1) is 33.3. The van der Waals surface area contributed by atoms with Crippen LogP contribution in [0, 0.1) is 0 Å². The van der Waals surface area contributed by atoms with Crippen LogP contribution in [0.1, 0.15) is 104 Å². The zero-order valence-corrected chi connectivity index (χ0v) is 43.8. The van der Waals surface area contributed by atoms with Gasteiger partial charge in [0.2, 0.25) is 0 Å². The van der Waals surface area contributed by atoms with Crippen molar-refractivity contribution in [1.29, 1.82) is 0 Å². The molecule has 0 spiro atoms. The lowest BCUT2D eigenvalue weighted by Gasteiger charge is -2.32. The molecule has 70 heavy (non-hydrogen) atoms. The molecule has 3 nitrogen and oxygen atoms in total. The summed E-state index contributed by atoms with van der Waals surface area (Å²) >= 11 is 10.1. The Bertz CT molecular complexity index is 3570. The first kappa shape index (κ1) is 45.8. The summed E-state index contributed by atoms with van der Waals surface area (Å²) in [5.74, 6) is 0. The van der Waals surface area contributed by atoms with Gasteiger partial charge in [0.1, 0.15) is 11.2 Å². The standard InChI is InChI=1S/C65H61ClN2OS/c1-62(2,3)41-23-29-44(30-24-41)67(45-31-25-42(26-32-45)63(4,5)6)55-35-40(47-19-16-20-50-49-18-13-15-22-58(49)69-61(47)50)36-56(60(55)66)68(46-33-27-43(28-34-46)64(7,8)9)57-39-70-59-38-54-51(37-52(57)59)48-17-12-14-21-53(48)65(54,10)11/h12-39H,1-11H3. The predicted octanol–water partition coefficient (Wildman–Crippen LogP) is 20.3. The van der Waals surface area contributed by atoms with Crippen LogP contribution in [-0.4, -0.2) is 0 Å². The van der Waals surface area contributed by atoms with Gasteiger partial charge in [-0.15, -0.1) is 11.3 Å². The van der Waals surface area contributed by atoms with Gasteiger partial charge in [0.15, 0.2) is 0 Å². The summed E-state index contributed by atoms with van der Waals surface area (Å²) in [5, 5.41) is 6.32. The molecule has 8 aromatic carbocycles. The fraction of sp³-hybridized carbons (Fsp3) is 0.231. The van der Waals surface area contributed by atoms with E-state index in [0.717, 1.165) is 67.2 Å². The molecule has 11 rings (SSSR count). The number of hydrogen-bond donors (Lipinski definition) is 0. The quantitative estimate of drug-likeness (QED) is 0.159. The highest BCUT2D eigenvalue weighted by atomic mass is 35.5. The number of nitrogens with zero attached hydrogens (tertiary/aromatic N) is 2. The number of para-hydroxylation sites is 2. The van der Waals surface area contributed by atoms with Crippen molar-refractivity contribution in [2.75, 3.05) is 9.80 Å². The van der Waals surface area contributed by atoms with Gasteiger partial charge in [-0.1, -0.05) is 185 Å². The van der Waals surface area contributed by atoms with E-state index in [1.807, 2.05) is 6.07 Å². The number of thiophene rings is 1. The molecule has 0 bridgehead atoms. The van der Waals surface area contributed by atoms with Gasteiger partial charge in [0, 0.05) is 54.3 Å². The summed E-state index contributed by atoms with van der Waals surface area (Å²) in [6.07, 6.45) is 0. The first-order valence-corrected chi connectivity index (χ1v) is 25.8. The van der Waals surface area contributed by atoms with Crippen LogP contribution in [0.3, 0.4) is 0 Å². The van der Waals surface area contributed by atoms with Gasteiger partial charge in [-0.2, -0.15) is 0 Å². The van der Waals surface area contributed by atoms with E-state index >= 15 is 0 Å². The molecule has 0 N–H and O–H groups in total. The molecule has 1 aliphatic rings.